The van der Waals surface area contributed by atoms with Crippen molar-refractivity contribution in [3.05, 3.63) is 48.7 Å². The van der Waals surface area contributed by atoms with Crippen LogP contribution in [0.15, 0.2) is 53.3 Å². The molecule has 0 aliphatic carbocycles. The van der Waals surface area contributed by atoms with Crippen LogP contribution in [-0.2, 0) is 0 Å². The minimum absolute atomic E-state index is 0.537. The second kappa shape index (κ2) is 9.38. The summed E-state index contributed by atoms with van der Waals surface area (Å²) in [6.07, 6.45) is 1.52. The molecule has 0 bridgehead atoms. The first-order valence-electron chi connectivity index (χ1n) is 10.0. The summed E-state index contributed by atoms with van der Waals surface area (Å²) >= 11 is 0. The first-order valence-corrected chi connectivity index (χ1v) is 10.0. The lowest BCUT2D eigenvalue weighted by atomic mass is 10.1. The van der Waals surface area contributed by atoms with Crippen molar-refractivity contribution < 1.29 is 9.26 Å². The van der Waals surface area contributed by atoms with E-state index in [9.17, 15) is 0 Å². The zero-order chi connectivity index (χ0) is 19.9. The molecule has 2 aromatic heterocycles. The molecule has 1 saturated heterocycles. The maximum Gasteiger partial charge on any atom is 0.254 e. The first kappa shape index (κ1) is 19.2. The van der Waals surface area contributed by atoms with E-state index in [2.05, 4.69) is 55.6 Å². The Hall–Kier alpha value is -3.13. The molecule has 0 saturated carbocycles. The molecule has 3 aromatic rings. The summed E-state index contributed by atoms with van der Waals surface area (Å²) in [6, 6.07) is 14.0. The van der Waals surface area contributed by atoms with Gasteiger partial charge in [-0.1, -0.05) is 30.3 Å². The maximum atomic E-state index is 5.59. The molecule has 0 spiro atoms. The fourth-order valence-electron chi connectivity index (χ4n) is 3.43. The summed E-state index contributed by atoms with van der Waals surface area (Å²) in [5, 5.41) is 16.0. The van der Waals surface area contributed by atoms with Gasteiger partial charge in [-0.15, -0.1) is 10.2 Å². The number of hydrogen-bond donors (Lipinski definition) is 1. The van der Waals surface area contributed by atoms with Gasteiger partial charge in [0, 0.05) is 50.9 Å². The number of rotatable bonds is 8. The Labute approximate surface area is 170 Å². The van der Waals surface area contributed by atoms with Crippen LogP contribution in [0.4, 0.5) is 11.5 Å². The Morgan fingerprint density at radius 3 is 2.62 bits per heavy atom. The number of benzene rings is 1. The highest BCUT2D eigenvalue weighted by molar-refractivity contribution is 5.72. The van der Waals surface area contributed by atoms with Gasteiger partial charge in [0.05, 0.1) is 11.4 Å². The van der Waals surface area contributed by atoms with Crippen LogP contribution >= 0.6 is 0 Å². The largest absolute Gasteiger partial charge is 0.474 e. The predicted molar refractivity (Wildman–Crippen MR) is 112 cm³/mol. The molecule has 152 valence electrons. The van der Waals surface area contributed by atoms with E-state index in [1.165, 1.54) is 6.26 Å². The molecule has 1 N–H and O–H groups in total. The molecular formula is C21H26N6O2. The van der Waals surface area contributed by atoms with Crippen molar-refractivity contribution >= 4 is 11.5 Å². The highest BCUT2D eigenvalue weighted by atomic mass is 16.5. The summed E-state index contributed by atoms with van der Waals surface area (Å²) in [6.45, 7) is 8.15. The highest BCUT2D eigenvalue weighted by Crippen LogP contribution is 2.28. The molecule has 1 fully saturated rings. The Balaban J connectivity index is 1.40. The van der Waals surface area contributed by atoms with Crippen LogP contribution in [0.3, 0.4) is 0 Å². The van der Waals surface area contributed by atoms with Crippen molar-refractivity contribution in [2.75, 3.05) is 56.1 Å². The second-order valence-corrected chi connectivity index (χ2v) is 6.87. The van der Waals surface area contributed by atoms with Crippen LogP contribution < -0.4 is 15.0 Å². The lowest BCUT2D eigenvalue weighted by Gasteiger charge is -2.36. The maximum absolute atomic E-state index is 5.59. The van der Waals surface area contributed by atoms with Gasteiger partial charge in [0.2, 0.25) is 0 Å². The van der Waals surface area contributed by atoms with Gasteiger partial charge in [0.25, 0.3) is 5.88 Å². The quantitative estimate of drug-likeness (QED) is 0.625. The molecule has 8 nitrogen and oxygen atoms in total. The van der Waals surface area contributed by atoms with Crippen LogP contribution in [0, 0.1) is 0 Å². The molecule has 0 amide bonds. The van der Waals surface area contributed by atoms with Gasteiger partial charge in [-0.05, 0) is 18.1 Å². The van der Waals surface area contributed by atoms with E-state index in [-0.39, 0.29) is 0 Å². The first-order chi connectivity index (χ1) is 14.3. The van der Waals surface area contributed by atoms with Crippen molar-refractivity contribution in [2.45, 2.75) is 6.92 Å². The number of nitrogens with one attached hydrogen (secondary N) is 1. The van der Waals surface area contributed by atoms with Crippen LogP contribution in [0.1, 0.15) is 6.92 Å². The van der Waals surface area contributed by atoms with E-state index in [1.807, 2.05) is 18.2 Å². The Morgan fingerprint density at radius 2 is 1.90 bits per heavy atom. The van der Waals surface area contributed by atoms with Gasteiger partial charge >= 0.3 is 0 Å². The van der Waals surface area contributed by atoms with Crippen LogP contribution in [0.25, 0.3) is 11.3 Å². The van der Waals surface area contributed by atoms with Crippen molar-refractivity contribution in [1.82, 2.24) is 20.3 Å². The van der Waals surface area contributed by atoms with Crippen molar-refractivity contribution in [2.24, 2.45) is 0 Å². The lowest BCUT2D eigenvalue weighted by Crippen LogP contribution is -2.47. The summed E-state index contributed by atoms with van der Waals surface area (Å²) in [7, 11) is 0. The molecule has 8 heteroatoms. The van der Waals surface area contributed by atoms with Crippen LogP contribution in [-0.4, -0.2) is 66.1 Å². The van der Waals surface area contributed by atoms with Gasteiger partial charge < -0.3 is 19.5 Å². The van der Waals surface area contributed by atoms with Gasteiger partial charge in [-0.25, -0.2) is 0 Å². The zero-order valence-corrected chi connectivity index (χ0v) is 16.6. The van der Waals surface area contributed by atoms with E-state index in [4.69, 9.17) is 9.26 Å². The third kappa shape index (κ3) is 4.83. The van der Waals surface area contributed by atoms with E-state index in [0.717, 1.165) is 62.0 Å². The third-order valence-corrected chi connectivity index (χ3v) is 4.97. The summed E-state index contributed by atoms with van der Waals surface area (Å²) in [4.78, 5) is 4.78. The average molecular weight is 394 g/mol. The van der Waals surface area contributed by atoms with Gasteiger partial charge in [-0.2, -0.15) is 0 Å². The van der Waals surface area contributed by atoms with Gasteiger partial charge in [-0.3, -0.25) is 4.90 Å². The van der Waals surface area contributed by atoms with Crippen molar-refractivity contribution in [1.29, 1.82) is 0 Å². The highest BCUT2D eigenvalue weighted by Gasteiger charge is 2.21. The molecule has 1 aliphatic rings. The minimum atomic E-state index is 0.537. The number of ether oxygens (including phenoxy) is 1. The van der Waals surface area contributed by atoms with Gasteiger partial charge in [0.1, 0.15) is 12.9 Å². The normalized spacial score (nSPS) is 14.7. The summed E-state index contributed by atoms with van der Waals surface area (Å²) in [5.41, 5.74) is 3.08. The standard InChI is InChI=1S/C21H26N6O2/c1-2-22-21-19(16-18(23-24-21)17-6-4-3-5-7-17)27-11-9-26(10-12-27)13-15-28-20-8-14-29-25-20/h3-8,14,16H,2,9-13,15H2,1H3,(H,22,24). The Kier molecular flexibility index (Phi) is 6.21. The molecule has 0 unspecified atom stereocenters. The van der Waals surface area contributed by atoms with Crippen molar-refractivity contribution in [3.8, 4) is 17.1 Å². The van der Waals surface area contributed by atoms with Crippen LogP contribution in [0.5, 0.6) is 5.88 Å². The molecule has 0 radical (unpaired) electrons. The van der Waals surface area contributed by atoms with E-state index in [0.29, 0.717) is 12.5 Å². The average Bonchev–Trinajstić information content (AvgIpc) is 3.29. The van der Waals surface area contributed by atoms with Crippen molar-refractivity contribution in [3.63, 3.8) is 0 Å². The number of piperazine rings is 1. The summed E-state index contributed by atoms with van der Waals surface area (Å²) < 4.78 is 10.4. The molecule has 29 heavy (non-hydrogen) atoms. The number of anilines is 2. The van der Waals surface area contributed by atoms with Crippen LogP contribution in [0.2, 0.25) is 0 Å². The second-order valence-electron chi connectivity index (χ2n) is 6.87. The smallest absolute Gasteiger partial charge is 0.254 e. The molecule has 0 atom stereocenters. The Bertz CT molecular complexity index is 879. The topological polar surface area (TPSA) is 79.6 Å². The molecule has 3 heterocycles. The fraction of sp³-hybridized carbons (Fsp3) is 0.381. The number of aromatic nitrogens is 3. The van der Waals surface area contributed by atoms with E-state index < -0.39 is 0 Å². The predicted octanol–water partition coefficient (Wildman–Crippen LogP) is 2.76. The third-order valence-electron chi connectivity index (χ3n) is 4.97. The SMILES string of the molecule is CCNc1nnc(-c2ccccc2)cc1N1CCN(CCOc2ccon2)CC1. The summed E-state index contributed by atoms with van der Waals surface area (Å²) in [5.74, 6) is 1.38. The molecule has 4 rings (SSSR count). The van der Waals surface area contributed by atoms with Gasteiger partial charge in [0.15, 0.2) is 5.82 Å². The molecule has 1 aromatic carbocycles. The number of hydrogen-bond acceptors (Lipinski definition) is 8. The molecular weight excluding hydrogens is 368 g/mol. The van der Waals surface area contributed by atoms with E-state index >= 15 is 0 Å². The number of nitrogens with zero attached hydrogens (tertiary/aromatic N) is 5. The minimum Gasteiger partial charge on any atom is -0.474 e. The Morgan fingerprint density at radius 1 is 1.07 bits per heavy atom. The fourth-order valence-corrected chi connectivity index (χ4v) is 3.43. The zero-order valence-electron chi connectivity index (χ0n) is 16.6. The lowest BCUT2D eigenvalue weighted by molar-refractivity contribution is 0.192. The monoisotopic (exact) mass is 394 g/mol. The molecule has 1 aliphatic heterocycles. The van der Waals surface area contributed by atoms with E-state index in [1.54, 1.807) is 6.07 Å².